The van der Waals surface area contributed by atoms with Crippen molar-refractivity contribution < 1.29 is 18.7 Å². The highest BCUT2D eigenvalue weighted by molar-refractivity contribution is 5.94. The molecule has 0 unspecified atom stereocenters. The monoisotopic (exact) mass is 302 g/mol. The second-order valence-electron chi connectivity index (χ2n) is 4.97. The van der Waals surface area contributed by atoms with E-state index >= 15 is 0 Å². The number of hydrazine groups is 1. The summed E-state index contributed by atoms with van der Waals surface area (Å²) in [6.45, 7) is 5.51. The third kappa shape index (κ3) is 3.88. The van der Waals surface area contributed by atoms with Crippen molar-refractivity contribution in [2.24, 2.45) is 0 Å². The molecular formula is C16H18N2O4. The molecule has 0 fully saturated rings. The summed E-state index contributed by atoms with van der Waals surface area (Å²) < 4.78 is 10.4. The van der Waals surface area contributed by atoms with Crippen molar-refractivity contribution in [3.63, 3.8) is 0 Å². The lowest BCUT2D eigenvalue weighted by atomic mass is 10.1. The van der Waals surface area contributed by atoms with Gasteiger partial charge in [-0.2, -0.15) is 0 Å². The number of carbonyl (C=O) groups excluding carboxylic acids is 2. The molecule has 116 valence electrons. The molecule has 6 heteroatoms. The Kier molecular flexibility index (Phi) is 4.83. The Bertz CT molecular complexity index is 691. The molecule has 0 saturated heterocycles. The van der Waals surface area contributed by atoms with Crippen LogP contribution in [0.4, 0.5) is 0 Å². The molecule has 2 N–H and O–H groups in total. The van der Waals surface area contributed by atoms with Crippen LogP contribution >= 0.6 is 0 Å². The van der Waals surface area contributed by atoms with E-state index in [1.165, 1.54) is 6.26 Å². The number of furan rings is 1. The first kappa shape index (κ1) is 15.6. The van der Waals surface area contributed by atoms with Crippen LogP contribution in [0.25, 0.3) is 0 Å². The van der Waals surface area contributed by atoms with E-state index in [-0.39, 0.29) is 12.4 Å². The number of rotatable bonds is 4. The van der Waals surface area contributed by atoms with Gasteiger partial charge in [0.05, 0.1) is 6.26 Å². The summed E-state index contributed by atoms with van der Waals surface area (Å²) in [7, 11) is 0. The first-order valence-electron chi connectivity index (χ1n) is 6.80. The standard InChI is InChI=1S/C16H18N2O4/c1-10-4-5-13(8-12(10)3)22-9-14(19)17-18-16(20)15-11(2)6-7-21-15/h4-8H,9H2,1-3H3,(H,17,19)(H,18,20). The number of benzene rings is 1. The minimum Gasteiger partial charge on any atom is -0.484 e. The maximum atomic E-state index is 11.7. The van der Waals surface area contributed by atoms with Crippen molar-refractivity contribution in [1.29, 1.82) is 0 Å². The fourth-order valence-corrected chi connectivity index (χ4v) is 1.78. The molecular weight excluding hydrogens is 284 g/mol. The number of ether oxygens (including phenoxy) is 1. The number of aryl methyl sites for hydroxylation is 3. The van der Waals surface area contributed by atoms with Gasteiger partial charge >= 0.3 is 5.91 Å². The van der Waals surface area contributed by atoms with Gasteiger partial charge in [-0.05, 0) is 50.1 Å². The normalized spacial score (nSPS) is 10.1. The lowest BCUT2D eigenvalue weighted by Crippen LogP contribution is -2.43. The molecule has 2 aromatic rings. The highest BCUT2D eigenvalue weighted by Gasteiger charge is 2.13. The van der Waals surface area contributed by atoms with Gasteiger partial charge in [0.1, 0.15) is 5.75 Å². The van der Waals surface area contributed by atoms with Crippen LogP contribution in [0, 0.1) is 20.8 Å². The summed E-state index contributed by atoms with van der Waals surface area (Å²) in [5.41, 5.74) is 7.47. The number of hydrogen-bond acceptors (Lipinski definition) is 4. The summed E-state index contributed by atoms with van der Waals surface area (Å²) in [5.74, 6) is -0.209. The van der Waals surface area contributed by atoms with Gasteiger partial charge in [-0.3, -0.25) is 20.4 Å². The zero-order chi connectivity index (χ0) is 16.1. The average molecular weight is 302 g/mol. The fraction of sp³-hybridized carbons (Fsp3) is 0.250. The Morgan fingerprint density at radius 1 is 1.05 bits per heavy atom. The van der Waals surface area contributed by atoms with Crippen molar-refractivity contribution in [3.05, 3.63) is 53.0 Å². The van der Waals surface area contributed by atoms with Crippen LogP contribution in [0.1, 0.15) is 27.2 Å². The second kappa shape index (κ2) is 6.80. The first-order valence-corrected chi connectivity index (χ1v) is 6.80. The van der Waals surface area contributed by atoms with Crippen LogP contribution in [0.5, 0.6) is 5.75 Å². The van der Waals surface area contributed by atoms with Gasteiger partial charge in [0.2, 0.25) is 0 Å². The maximum absolute atomic E-state index is 11.7. The van der Waals surface area contributed by atoms with Gasteiger partial charge in [0.25, 0.3) is 5.91 Å². The minimum absolute atomic E-state index is 0.162. The Labute approximate surface area is 128 Å². The predicted molar refractivity (Wildman–Crippen MR) is 80.5 cm³/mol. The summed E-state index contributed by atoms with van der Waals surface area (Å²) in [6.07, 6.45) is 1.41. The zero-order valence-electron chi connectivity index (χ0n) is 12.7. The Hall–Kier alpha value is -2.76. The number of amides is 2. The van der Waals surface area contributed by atoms with E-state index in [1.807, 2.05) is 26.0 Å². The van der Waals surface area contributed by atoms with E-state index in [9.17, 15) is 9.59 Å². The Morgan fingerprint density at radius 2 is 1.82 bits per heavy atom. The van der Waals surface area contributed by atoms with E-state index < -0.39 is 11.8 Å². The molecule has 0 saturated carbocycles. The van der Waals surface area contributed by atoms with Crippen LogP contribution in [0.2, 0.25) is 0 Å². The van der Waals surface area contributed by atoms with Crippen molar-refractivity contribution in [1.82, 2.24) is 10.9 Å². The fourth-order valence-electron chi connectivity index (χ4n) is 1.78. The average Bonchev–Trinajstić information content (AvgIpc) is 2.92. The van der Waals surface area contributed by atoms with E-state index in [2.05, 4.69) is 10.9 Å². The lowest BCUT2D eigenvalue weighted by molar-refractivity contribution is -0.123. The van der Waals surface area contributed by atoms with Gasteiger partial charge in [0.15, 0.2) is 12.4 Å². The Morgan fingerprint density at radius 3 is 2.45 bits per heavy atom. The van der Waals surface area contributed by atoms with Gasteiger partial charge in [-0.25, -0.2) is 0 Å². The summed E-state index contributed by atoms with van der Waals surface area (Å²) in [5, 5.41) is 0. The first-order chi connectivity index (χ1) is 10.5. The van der Waals surface area contributed by atoms with E-state index in [0.717, 1.165) is 11.1 Å². The summed E-state index contributed by atoms with van der Waals surface area (Å²) in [4.78, 5) is 23.4. The highest BCUT2D eigenvalue weighted by atomic mass is 16.5. The highest BCUT2D eigenvalue weighted by Crippen LogP contribution is 2.16. The van der Waals surface area contributed by atoms with E-state index in [0.29, 0.717) is 11.3 Å². The number of hydrogen-bond donors (Lipinski definition) is 2. The molecule has 0 aliphatic heterocycles. The van der Waals surface area contributed by atoms with E-state index in [1.54, 1.807) is 19.1 Å². The molecule has 0 atom stereocenters. The predicted octanol–water partition coefficient (Wildman–Crippen LogP) is 2.04. The van der Waals surface area contributed by atoms with Gasteiger partial charge in [0, 0.05) is 5.56 Å². The van der Waals surface area contributed by atoms with Gasteiger partial charge in [-0.15, -0.1) is 0 Å². The van der Waals surface area contributed by atoms with Gasteiger partial charge in [-0.1, -0.05) is 6.07 Å². The topological polar surface area (TPSA) is 80.6 Å². The van der Waals surface area contributed by atoms with Crippen LogP contribution in [0.15, 0.2) is 34.9 Å². The molecule has 0 spiro atoms. The largest absolute Gasteiger partial charge is 0.484 e. The number of nitrogens with one attached hydrogen (secondary N) is 2. The molecule has 2 amide bonds. The molecule has 0 aliphatic carbocycles. The molecule has 1 aromatic heterocycles. The van der Waals surface area contributed by atoms with Gasteiger partial charge < -0.3 is 9.15 Å². The van der Waals surface area contributed by atoms with Crippen LogP contribution < -0.4 is 15.6 Å². The quantitative estimate of drug-likeness (QED) is 0.847. The second-order valence-corrected chi connectivity index (χ2v) is 4.97. The molecule has 22 heavy (non-hydrogen) atoms. The zero-order valence-corrected chi connectivity index (χ0v) is 12.7. The number of carbonyl (C=O) groups is 2. The molecule has 1 aromatic carbocycles. The summed E-state index contributed by atoms with van der Waals surface area (Å²) in [6, 6.07) is 7.23. The molecule has 0 radical (unpaired) electrons. The minimum atomic E-state index is -0.512. The third-order valence-electron chi connectivity index (χ3n) is 3.23. The molecule has 0 aliphatic rings. The van der Waals surface area contributed by atoms with Crippen molar-refractivity contribution in [3.8, 4) is 5.75 Å². The molecule has 0 bridgehead atoms. The van der Waals surface area contributed by atoms with Crippen LogP contribution in [-0.4, -0.2) is 18.4 Å². The summed E-state index contributed by atoms with van der Waals surface area (Å²) >= 11 is 0. The molecule has 1 heterocycles. The van der Waals surface area contributed by atoms with Crippen molar-refractivity contribution >= 4 is 11.8 Å². The lowest BCUT2D eigenvalue weighted by Gasteiger charge is -2.09. The maximum Gasteiger partial charge on any atom is 0.305 e. The van der Waals surface area contributed by atoms with Crippen LogP contribution in [-0.2, 0) is 4.79 Å². The van der Waals surface area contributed by atoms with Crippen molar-refractivity contribution in [2.75, 3.05) is 6.61 Å². The molecule has 2 rings (SSSR count). The smallest absolute Gasteiger partial charge is 0.305 e. The van der Waals surface area contributed by atoms with Crippen molar-refractivity contribution in [2.45, 2.75) is 20.8 Å². The third-order valence-corrected chi connectivity index (χ3v) is 3.23. The Balaban J connectivity index is 1.79. The van der Waals surface area contributed by atoms with E-state index in [4.69, 9.17) is 9.15 Å². The van der Waals surface area contributed by atoms with Crippen LogP contribution in [0.3, 0.4) is 0 Å². The molecule has 6 nitrogen and oxygen atoms in total. The SMILES string of the molecule is Cc1ccc(OCC(=O)NNC(=O)c2occc2C)cc1C.